The van der Waals surface area contributed by atoms with Gasteiger partial charge in [0, 0.05) is 0 Å². The van der Waals surface area contributed by atoms with Gasteiger partial charge in [-0.2, -0.15) is 0 Å². The van der Waals surface area contributed by atoms with Crippen LogP contribution in [-0.2, 0) is 9.53 Å². The van der Waals surface area contributed by atoms with Crippen molar-refractivity contribution in [1.29, 1.82) is 0 Å². The molecule has 0 saturated carbocycles. The number of hydrogen-bond donors (Lipinski definition) is 0. The Hall–Kier alpha value is -3.91. The normalized spacial score (nSPS) is 15.2. The second kappa shape index (κ2) is 10.8. The monoisotopic (exact) mass is 504 g/mol. The predicted molar refractivity (Wildman–Crippen MR) is 140 cm³/mol. The molecule has 36 heavy (non-hydrogen) atoms. The lowest BCUT2D eigenvalue weighted by atomic mass is 9.95. The number of fused-ring (bicyclic) bond motifs is 1. The van der Waals surface area contributed by atoms with Gasteiger partial charge in [-0.25, -0.2) is 9.79 Å². The molecule has 0 fully saturated rings. The fourth-order valence-corrected chi connectivity index (χ4v) is 5.10. The maximum atomic E-state index is 13.7. The van der Waals surface area contributed by atoms with Crippen molar-refractivity contribution in [2.75, 3.05) is 20.3 Å². The molecule has 4 rings (SSSR count). The van der Waals surface area contributed by atoms with Crippen LogP contribution in [0.15, 0.2) is 76.2 Å². The molecule has 0 bridgehead atoms. The number of nitrogens with zero attached hydrogens (tertiary/aromatic N) is 2. The van der Waals surface area contributed by atoms with Gasteiger partial charge in [0.15, 0.2) is 16.3 Å². The van der Waals surface area contributed by atoms with E-state index in [2.05, 4.69) is 11.6 Å². The topological polar surface area (TPSA) is 79.1 Å². The molecule has 2 aromatic carbocycles. The average molecular weight is 505 g/mol. The number of carbonyl (C=O) groups excluding carboxylic acids is 1. The molecule has 0 spiro atoms. The summed E-state index contributed by atoms with van der Waals surface area (Å²) in [5.74, 6) is 0.667. The van der Waals surface area contributed by atoms with E-state index in [1.165, 1.54) is 11.3 Å². The van der Waals surface area contributed by atoms with Crippen LogP contribution in [-0.4, -0.2) is 30.9 Å². The Morgan fingerprint density at radius 3 is 2.58 bits per heavy atom. The summed E-state index contributed by atoms with van der Waals surface area (Å²) in [5, 5.41) is 0. The first-order valence-electron chi connectivity index (χ1n) is 11.6. The molecule has 0 aliphatic carbocycles. The summed E-state index contributed by atoms with van der Waals surface area (Å²) >= 11 is 1.28. The van der Waals surface area contributed by atoms with Gasteiger partial charge in [-0.15, -0.1) is 0 Å². The Kier molecular flexibility index (Phi) is 7.55. The summed E-state index contributed by atoms with van der Waals surface area (Å²) in [5.41, 5.74) is 3.35. The molecular formula is C28H28N2O5S. The lowest BCUT2D eigenvalue weighted by Gasteiger charge is -2.24. The van der Waals surface area contributed by atoms with Gasteiger partial charge in [0.2, 0.25) is 0 Å². The smallest absolute Gasteiger partial charge is 0.338 e. The second-order valence-electron chi connectivity index (χ2n) is 8.22. The van der Waals surface area contributed by atoms with Crippen LogP contribution in [0.1, 0.15) is 36.6 Å². The second-order valence-corrected chi connectivity index (χ2v) is 9.23. The molecule has 1 aliphatic heterocycles. The number of aromatic nitrogens is 1. The van der Waals surface area contributed by atoms with Crippen LogP contribution in [0.4, 0.5) is 0 Å². The molecule has 7 nitrogen and oxygen atoms in total. The van der Waals surface area contributed by atoms with Crippen molar-refractivity contribution < 1.29 is 19.0 Å². The third-order valence-electron chi connectivity index (χ3n) is 5.75. The van der Waals surface area contributed by atoms with Crippen LogP contribution in [0, 0.1) is 6.92 Å². The van der Waals surface area contributed by atoms with Gasteiger partial charge in [0.05, 0.1) is 35.6 Å². The first-order valence-corrected chi connectivity index (χ1v) is 12.4. The third kappa shape index (κ3) is 4.90. The highest BCUT2D eigenvalue weighted by Crippen LogP contribution is 2.31. The predicted octanol–water partition coefficient (Wildman–Crippen LogP) is 3.68. The van der Waals surface area contributed by atoms with E-state index in [9.17, 15) is 9.59 Å². The number of rotatable bonds is 8. The number of hydrogen-bond acceptors (Lipinski definition) is 7. The van der Waals surface area contributed by atoms with E-state index in [4.69, 9.17) is 14.2 Å². The van der Waals surface area contributed by atoms with E-state index in [0.29, 0.717) is 38.7 Å². The number of ether oxygens (including phenoxy) is 3. The molecule has 3 aromatic rings. The minimum absolute atomic E-state index is 0.231. The molecule has 2 heterocycles. The van der Waals surface area contributed by atoms with Crippen LogP contribution in [0.3, 0.4) is 0 Å². The van der Waals surface area contributed by atoms with E-state index in [0.717, 1.165) is 16.7 Å². The van der Waals surface area contributed by atoms with Crippen LogP contribution in [0.25, 0.3) is 6.08 Å². The number of benzene rings is 2. The summed E-state index contributed by atoms with van der Waals surface area (Å²) in [4.78, 5) is 31.8. The minimum atomic E-state index is -0.632. The standard InChI is InChI=1S/C28H28N2O5S/c1-6-14-35-21-13-10-19(15-22(21)33-5)16-23-26(31)30-25(20-11-8-17(3)9-12-20)24(27(32)34-7-2)18(4)29-28(30)36-23/h6,8-13,15-16,25H,1,7,14H2,2-5H3/b23-16-/t25-/m1/s1. The van der Waals surface area contributed by atoms with Crippen molar-refractivity contribution in [2.24, 2.45) is 4.99 Å². The van der Waals surface area contributed by atoms with E-state index < -0.39 is 12.0 Å². The number of allylic oxidation sites excluding steroid dienone is 1. The summed E-state index contributed by atoms with van der Waals surface area (Å²) in [7, 11) is 1.56. The average Bonchev–Trinajstić information content (AvgIpc) is 3.17. The molecule has 186 valence electrons. The van der Waals surface area contributed by atoms with Crippen molar-refractivity contribution in [3.8, 4) is 11.5 Å². The fraction of sp³-hybridized carbons (Fsp3) is 0.250. The molecule has 0 saturated heterocycles. The highest BCUT2D eigenvalue weighted by atomic mass is 32.1. The number of carbonyl (C=O) groups is 1. The molecule has 1 aromatic heterocycles. The molecule has 1 atom stereocenters. The van der Waals surface area contributed by atoms with Crippen molar-refractivity contribution in [3.05, 3.63) is 103 Å². The Balaban J connectivity index is 1.87. The van der Waals surface area contributed by atoms with Crippen molar-refractivity contribution in [3.63, 3.8) is 0 Å². The van der Waals surface area contributed by atoms with Gasteiger partial charge in [-0.05, 0) is 50.1 Å². The molecule has 8 heteroatoms. The van der Waals surface area contributed by atoms with E-state index in [1.807, 2.05) is 43.3 Å². The zero-order valence-electron chi connectivity index (χ0n) is 20.7. The number of thiazole rings is 1. The van der Waals surface area contributed by atoms with Gasteiger partial charge in [-0.1, -0.05) is 59.9 Å². The zero-order chi connectivity index (χ0) is 25.8. The molecule has 0 amide bonds. The van der Waals surface area contributed by atoms with Crippen molar-refractivity contribution in [1.82, 2.24) is 4.57 Å². The molecule has 0 N–H and O–H groups in total. The number of methoxy groups -OCH3 is 1. The molecule has 1 aliphatic rings. The molecular weight excluding hydrogens is 476 g/mol. The van der Waals surface area contributed by atoms with Gasteiger partial charge >= 0.3 is 5.97 Å². The van der Waals surface area contributed by atoms with Gasteiger partial charge in [0.1, 0.15) is 6.61 Å². The lowest BCUT2D eigenvalue weighted by molar-refractivity contribution is -0.139. The Morgan fingerprint density at radius 2 is 1.92 bits per heavy atom. The SMILES string of the molecule is C=CCOc1ccc(/C=c2\sc3n(c2=O)[C@H](c2ccc(C)cc2)C(C(=O)OCC)=C(C)N=3)cc1OC. The van der Waals surface area contributed by atoms with E-state index in [-0.39, 0.29) is 12.2 Å². The van der Waals surface area contributed by atoms with Crippen molar-refractivity contribution in [2.45, 2.75) is 26.8 Å². The zero-order valence-corrected chi connectivity index (χ0v) is 21.6. The molecule has 0 radical (unpaired) electrons. The Bertz CT molecular complexity index is 1510. The van der Waals surface area contributed by atoms with Crippen molar-refractivity contribution >= 4 is 23.4 Å². The van der Waals surface area contributed by atoms with Crippen LogP contribution < -0.4 is 24.4 Å². The Morgan fingerprint density at radius 1 is 1.17 bits per heavy atom. The minimum Gasteiger partial charge on any atom is -0.493 e. The van der Waals surface area contributed by atoms with Gasteiger partial charge < -0.3 is 14.2 Å². The maximum absolute atomic E-state index is 13.7. The van der Waals surface area contributed by atoms with E-state index in [1.54, 1.807) is 43.7 Å². The first-order chi connectivity index (χ1) is 17.4. The summed E-state index contributed by atoms with van der Waals surface area (Å²) in [6.45, 7) is 9.77. The fourth-order valence-electron chi connectivity index (χ4n) is 4.05. The van der Waals surface area contributed by atoms with Crippen LogP contribution >= 0.6 is 11.3 Å². The van der Waals surface area contributed by atoms with Crippen LogP contribution in [0.5, 0.6) is 11.5 Å². The number of esters is 1. The third-order valence-corrected chi connectivity index (χ3v) is 6.74. The van der Waals surface area contributed by atoms with Crippen LogP contribution in [0.2, 0.25) is 0 Å². The highest BCUT2D eigenvalue weighted by Gasteiger charge is 2.33. The number of aryl methyl sites for hydroxylation is 1. The summed E-state index contributed by atoms with van der Waals surface area (Å²) < 4.78 is 18.5. The van der Waals surface area contributed by atoms with E-state index >= 15 is 0 Å². The molecule has 0 unspecified atom stereocenters. The van der Waals surface area contributed by atoms with Gasteiger partial charge in [0.25, 0.3) is 5.56 Å². The summed E-state index contributed by atoms with van der Waals surface area (Å²) in [6, 6.07) is 12.6. The first kappa shape index (κ1) is 25.2. The summed E-state index contributed by atoms with van der Waals surface area (Å²) in [6.07, 6.45) is 3.45. The highest BCUT2D eigenvalue weighted by molar-refractivity contribution is 7.07. The Labute approximate surface area is 213 Å². The lowest BCUT2D eigenvalue weighted by Crippen LogP contribution is -2.39. The van der Waals surface area contributed by atoms with Gasteiger partial charge in [-0.3, -0.25) is 9.36 Å². The largest absolute Gasteiger partial charge is 0.493 e. The quantitative estimate of drug-likeness (QED) is 0.345. The maximum Gasteiger partial charge on any atom is 0.338 e.